The van der Waals surface area contributed by atoms with Crippen LogP contribution in [0, 0.1) is 0 Å². The molecule has 1 aromatic carbocycles. The minimum Gasteiger partial charge on any atom is -0.392 e. The van der Waals surface area contributed by atoms with Crippen molar-refractivity contribution in [3.05, 3.63) is 53.2 Å². The summed E-state index contributed by atoms with van der Waals surface area (Å²) in [7, 11) is 0. The highest BCUT2D eigenvalue weighted by Gasteiger charge is 2.23. The number of morpholine rings is 1. The third-order valence-electron chi connectivity index (χ3n) is 4.56. The van der Waals surface area contributed by atoms with Gasteiger partial charge in [0.15, 0.2) is 0 Å². The van der Waals surface area contributed by atoms with Crippen LogP contribution in [-0.4, -0.2) is 46.4 Å². The Balaban J connectivity index is 1.69. The number of benzene rings is 1. The van der Waals surface area contributed by atoms with Gasteiger partial charge in [-0.3, -0.25) is 4.79 Å². The number of hydrogen-bond donors (Lipinski definition) is 3. The molecule has 2 aromatic rings. The first-order valence-corrected chi connectivity index (χ1v) is 9.01. The summed E-state index contributed by atoms with van der Waals surface area (Å²) in [6, 6.07) is 8.62. The van der Waals surface area contributed by atoms with E-state index in [1.807, 2.05) is 19.9 Å². The fourth-order valence-corrected chi connectivity index (χ4v) is 3.28. The van der Waals surface area contributed by atoms with Crippen molar-refractivity contribution in [2.24, 2.45) is 0 Å². The first kappa shape index (κ1) is 19.3. The summed E-state index contributed by atoms with van der Waals surface area (Å²) in [4.78, 5) is 19.0. The summed E-state index contributed by atoms with van der Waals surface area (Å²) >= 11 is 0. The zero-order chi connectivity index (χ0) is 19.4. The smallest absolute Gasteiger partial charge is 0.257 e. The SMILES string of the molecule is CC1CN(c2ccc(C(=O)Nc3ccc(CO)c(CO)c3)cn2)CC(C)O1. The van der Waals surface area contributed by atoms with Crippen molar-refractivity contribution in [1.29, 1.82) is 0 Å². The van der Waals surface area contributed by atoms with E-state index >= 15 is 0 Å². The highest BCUT2D eigenvalue weighted by Crippen LogP contribution is 2.20. The minimum absolute atomic E-state index is 0.140. The number of amides is 1. The van der Waals surface area contributed by atoms with Crippen molar-refractivity contribution in [3.8, 4) is 0 Å². The Morgan fingerprint density at radius 3 is 2.44 bits per heavy atom. The van der Waals surface area contributed by atoms with E-state index in [-0.39, 0.29) is 31.3 Å². The maximum atomic E-state index is 12.5. The fraction of sp³-hybridized carbons (Fsp3) is 0.400. The number of aliphatic hydroxyl groups excluding tert-OH is 2. The Morgan fingerprint density at radius 1 is 1.15 bits per heavy atom. The van der Waals surface area contributed by atoms with Gasteiger partial charge in [0, 0.05) is 25.0 Å². The number of aliphatic hydroxyl groups is 2. The second-order valence-corrected chi connectivity index (χ2v) is 6.82. The van der Waals surface area contributed by atoms with Gasteiger partial charge in [-0.05, 0) is 49.2 Å². The molecular weight excluding hydrogens is 346 g/mol. The van der Waals surface area contributed by atoms with Crippen LogP contribution in [0.15, 0.2) is 36.5 Å². The molecule has 1 aliphatic heterocycles. The number of nitrogens with zero attached hydrogens (tertiary/aromatic N) is 2. The zero-order valence-corrected chi connectivity index (χ0v) is 15.6. The van der Waals surface area contributed by atoms with Crippen LogP contribution < -0.4 is 10.2 Å². The van der Waals surface area contributed by atoms with Crippen LogP contribution in [0.4, 0.5) is 11.5 Å². The number of carbonyl (C=O) groups is 1. The molecule has 1 amide bonds. The monoisotopic (exact) mass is 371 g/mol. The number of nitrogens with one attached hydrogen (secondary N) is 1. The molecule has 7 heteroatoms. The number of hydrogen-bond acceptors (Lipinski definition) is 6. The lowest BCUT2D eigenvalue weighted by molar-refractivity contribution is -0.00546. The average molecular weight is 371 g/mol. The van der Waals surface area contributed by atoms with Crippen LogP contribution in [0.3, 0.4) is 0 Å². The maximum absolute atomic E-state index is 12.5. The van der Waals surface area contributed by atoms with Gasteiger partial charge in [0.2, 0.25) is 0 Å². The van der Waals surface area contributed by atoms with Crippen LogP contribution in [0.25, 0.3) is 0 Å². The number of pyridine rings is 1. The summed E-state index contributed by atoms with van der Waals surface area (Å²) < 4.78 is 5.73. The maximum Gasteiger partial charge on any atom is 0.257 e. The van der Waals surface area contributed by atoms with Crippen molar-refractivity contribution in [2.45, 2.75) is 39.3 Å². The third-order valence-corrected chi connectivity index (χ3v) is 4.56. The van der Waals surface area contributed by atoms with Crippen LogP contribution >= 0.6 is 0 Å². The lowest BCUT2D eigenvalue weighted by Crippen LogP contribution is -2.45. The van der Waals surface area contributed by atoms with Crippen molar-refractivity contribution in [1.82, 2.24) is 4.98 Å². The molecule has 1 aromatic heterocycles. The number of anilines is 2. The van der Waals surface area contributed by atoms with Crippen LogP contribution in [-0.2, 0) is 18.0 Å². The molecule has 1 fully saturated rings. The number of ether oxygens (including phenoxy) is 1. The molecule has 1 saturated heterocycles. The molecule has 7 nitrogen and oxygen atoms in total. The normalized spacial score (nSPS) is 19.8. The number of rotatable bonds is 5. The van der Waals surface area contributed by atoms with E-state index in [0.717, 1.165) is 18.9 Å². The number of aromatic nitrogens is 1. The summed E-state index contributed by atoms with van der Waals surface area (Å²) in [5, 5.41) is 21.4. The van der Waals surface area contributed by atoms with E-state index in [9.17, 15) is 15.0 Å². The highest BCUT2D eigenvalue weighted by atomic mass is 16.5. The molecule has 0 spiro atoms. The van der Waals surface area contributed by atoms with Gasteiger partial charge in [0.25, 0.3) is 5.91 Å². The van der Waals surface area contributed by atoms with Crippen LogP contribution in [0.5, 0.6) is 0 Å². The average Bonchev–Trinajstić information content (AvgIpc) is 2.67. The Hall–Kier alpha value is -2.48. The van der Waals surface area contributed by atoms with E-state index < -0.39 is 0 Å². The molecule has 27 heavy (non-hydrogen) atoms. The Kier molecular flexibility index (Phi) is 6.05. The van der Waals surface area contributed by atoms with Gasteiger partial charge in [0.1, 0.15) is 5.82 Å². The molecule has 0 aliphatic carbocycles. The fourth-order valence-electron chi connectivity index (χ4n) is 3.28. The first-order chi connectivity index (χ1) is 13.0. The summed E-state index contributed by atoms with van der Waals surface area (Å²) in [6.07, 6.45) is 1.84. The largest absolute Gasteiger partial charge is 0.392 e. The molecular formula is C20H25N3O4. The van der Waals surface area contributed by atoms with Crippen molar-refractivity contribution in [3.63, 3.8) is 0 Å². The highest BCUT2D eigenvalue weighted by molar-refractivity contribution is 6.04. The zero-order valence-electron chi connectivity index (χ0n) is 15.6. The van der Waals surface area contributed by atoms with E-state index in [2.05, 4.69) is 15.2 Å². The standard InChI is InChI=1S/C20H25N3O4/c1-13-9-23(10-14(2)27-13)19-6-4-15(8-21-19)20(26)22-18-5-3-16(11-24)17(7-18)12-25/h3-8,13-14,24-25H,9-12H2,1-2H3,(H,22,26). The molecule has 0 radical (unpaired) electrons. The Morgan fingerprint density at radius 2 is 1.85 bits per heavy atom. The van der Waals surface area contributed by atoms with Crippen molar-refractivity contribution >= 4 is 17.4 Å². The predicted molar refractivity (Wildman–Crippen MR) is 103 cm³/mol. The second kappa shape index (κ2) is 8.47. The topological polar surface area (TPSA) is 94.9 Å². The second-order valence-electron chi connectivity index (χ2n) is 6.82. The quantitative estimate of drug-likeness (QED) is 0.743. The molecule has 3 N–H and O–H groups in total. The van der Waals surface area contributed by atoms with Crippen molar-refractivity contribution < 1.29 is 19.7 Å². The van der Waals surface area contributed by atoms with Gasteiger partial charge in [-0.15, -0.1) is 0 Å². The first-order valence-electron chi connectivity index (χ1n) is 9.01. The molecule has 2 atom stereocenters. The van der Waals surface area contributed by atoms with Gasteiger partial charge >= 0.3 is 0 Å². The van der Waals surface area contributed by atoms with E-state index in [4.69, 9.17) is 4.74 Å². The van der Waals surface area contributed by atoms with Crippen molar-refractivity contribution in [2.75, 3.05) is 23.3 Å². The Labute approximate surface area is 158 Å². The van der Waals surface area contributed by atoms with E-state index in [1.54, 1.807) is 30.5 Å². The predicted octanol–water partition coefficient (Wildman–Crippen LogP) is 1.93. The summed E-state index contributed by atoms with van der Waals surface area (Å²) in [5.74, 6) is 0.543. The van der Waals surface area contributed by atoms with Gasteiger partial charge in [-0.2, -0.15) is 0 Å². The molecule has 144 valence electrons. The van der Waals surface area contributed by atoms with Gasteiger partial charge in [0.05, 0.1) is 31.0 Å². The minimum atomic E-state index is -0.279. The van der Waals surface area contributed by atoms with Gasteiger partial charge in [-0.25, -0.2) is 4.98 Å². The lowest BCUT2D eigenvalue weighted by atomic mass is 10.1. The van der Waals surface area contributed by atoms with Gasteiger partial charge in [-0.1, -0.05) is 6.07 Å². The lowest BCUT2D eigenvalue weighted by Gasteiger charge is -2.36. The Bertz CT molecular complexity index is 784. The molecule has 3 rings (SSSR count). The molecule has 0 saturated carbocycles. The van der Waals surface area contributed by atoms with E-state index in [1.165, 1.54) is 0 Å². The number of carbonyl (C=O) groups excluding carboxylic acids is 1. The van der Waals surface area contributed by atoms with Crippen LogP contribution in [0.1, 0.15) is 35.3 Å². The molecule has 2 heterocycles. The molecule has 0 bridgehead atoms. The summed E-state index contributed by atoms with van der Waals surface area (Å²) in [6.45, 7) is 5.24. The molecule has 1 aliphatic rings. The van der Waals surface area contributed by atoms with Gasteiger partial charge < -0.3 is 25.2 Å². The molecule has 2 unspecified atom stereocenters. The third kappa shape index (κ3) is 4.63. The summed E-state index contributed by atoms with van der Waals surface area (Å²) in [5.41, 5.74) is 2.22. The van der Waals surface area contributed by atoms with E-state index in [0.29, 0.717) is 22.4 Å². The van der Waals surface area contributed by atoms with Crippen LogP contribution in [0.2, 0.25) is 0 Å².